The maximum atomic E-state index is 5.41. The largest absolute Gasteiger partial charge is 0.494 e. The third-order valence-corrected chi connectivity index (χ3v) is 3.10. The molecular weight excluding hydrogens is 290 g/mol. The van der Waals surface area contributed by atoms with Crippen molar-refractivity contribution in [1.29, 1.82) is 0 Å². The Kier molecular flexibility index (Phi) is 4.65. The number of anilines is 1. The van der Waals surface area contributed by atoms with E-state index < -0.39 is 0 Å². The van der Waals surface area contributed by atoms with Crippen LogP contribution in [-0.4, -0.2) is 6.61 Å². The fourth-order valence-corrected chi connectivity index (χ4v) is 1.91. The Bertz CT molecular complexity index is 479. The van der Waals surface area contributed by atoms with Gasteiger partial charge in [0.1, 0.15) is 5.75 Å². The fourth-order valence-electron chi connectivity index (χ4n) is 1.64. The highest BCUT2D eigenvalue weighted by atomic mass is 79.9. The van der Waals surface area contributed by atoms with E-state index in [0.29, 0.717) is 6.61 Å². The van der Waals surface area contributed by atoms with Gasteiger partial charge in [0.25, 0.3) is 0 Å². The summed E-state index contributed by atoms with van der Waals surface area (Å²) in [6.45, 7) is 3.51. The predicted octanol–water partition coefficient (Wildman–Crippen LogP) is 4.46. The molecule has 0 radical (unpaired) electrons. The summed E-state index contributed by atoms with van der Waals surface area (Å²) in [5.74, 6) is 0.921. The van der Waals surface area contributed by atoms with Gasteiger partial charge < -0.3 is 10.1 Å². The molecule has 0 unspecified atom stereocenters. The van der Waals surface area contributed by atoms with Gasteiger partial charge in [0, 0.05) is 16.7 Å². The van der Waals surface area contributed by atoms with Crippen molar-refractivity contribution in [2.75, 3.05) is 11.9 Å². The molecule has 2 rings (SSSR count). The van der Waals surface area contributed by atoms with Crippen LogP contribution in [-0.2, 0) is 6.54 Å². The van der Waals surface area contributed by atoms with Crippen molar-refractivity contribution in [2.24, 2.45) is 0 Å². The quantitative estimate of drug-likeness (QED) is 0.880. The van der Waals surface area contributed by atoms with Crippen LogP contribution < -0.4 is 10.1 Å². The Morgan fingerprint density at radius 2 is 1.67 bits per heavy atom. The number of hydrogen-bond acceptors (Lipinski definition) is 2. The van der Waals surface area contributed by atoms with E-state index in [2.05, 4.69) is 45.5 Å². The Balaban J connectivity index is 1.91. The second kappa shape index (κ2) is 6.45. The second-order valence-corrected chi connectivity index (χ2v) is 4.85. The van der Waals surface area contributed by atoms with Crippen LogP contribution in [0.15, 0.2) is 53.0 Å². The van der Waals surface area contributed by atoms with E-state index in [1.165, 1.54) is 5.56 Å². The average molecular weight is 306 g/mol. The number of rotatable bonds is 5. The molecule has 0 bridgehead atoms. The maximum absolute atomic E-state index is 5.41. The number of benzene rings is 2. The molecule has 3 heteroatoms. The molecule has 18 heavy (non-hydrogen) atoms. The zero-order valence-corrected chi connectivity index (χ0v) is 11.9. The van der Waals surface area contributed by atoms with Gasteiger partial charge in [0.2, 0.25) is 0 Å². The zero-order valence-electron chi connectivity index (χ0n) is 10.3. The summed E-state index contributed by atoms with van der Waals surface area (Å²) < 4.78 is 6.50. The van der Waals surface area contributed by atoms with Crippen LogP contribution in [0, 0.1) is 0 Å². The van der Waals surface area contributed by atoms with Gasteiger partial charge in [0.15, 0.2) is 0 Å². The lowest BCUT2D eigenvalue weighted by Gasteiger charge is -2.08. The van der Waals surface area contributed by atoms with Crippen LogP contribution in [0.1, 0.15) is 12.5 Å². The van der Waals surface area contributed by atoms with Crippen molar-refractivity contribution in [3.05, 3.63) is 58.6 Å². The van der Waals surface area contributed by atoms with Crippen LogP contribution in [0.25, 0.3) is 0 Å². The van der Waals surface area contributed by atoms with E-state index in [1.54, 1.807) is 0 Å². The standard InChI is InChI=1S/C15H16BrNO/c1-2-18-15-9-3-12(4-10-15)11-17-14-7-5-13(16)6-8-14/h3-10,17H,2,11H2,1H3. The molecule has 0 aliphatic carbocycles. The van der Waals surface area contributed by atoms with Crippen molar-refractivity contribution in [2.45, 2.75) is 13.5 Å². The second-order valence-electron chi connectivity index (χ2n) is 3.94. The molecule has 0 saturated heterocycles. The lowest BCUT2D eigenvalue weighted by atomic mass is 10.2. The highest BCUT2D eigenvalue weighted by Crippen LogP contribution is 2.16. The number of hydrogen-bond donors (Lipinski definition) is 1. The summed E-state index contributed by atoms with van der Waals surface area (Å²) in [4.78, 5) is 0. The molecule has 2 nitrogen and oxygen atoms in total. The molecule has 2 aromatic rings. The topological polar surface area (TPSA) is 21.3 Å². The zero-order chi connectivity index (χ0) is 12.8. The van der Waals surface area contributed by atoms with E-state index in [1.807, 2.05) is 31.2 Å². The predicted molar refractivity (Wildman–Crippen MR) is 79.1 cm³/mol. The molecule has 0 amide bonds. The van der Waals surface area contributed by atoms with Crippen molar-refractivity contribution < 1.29 is 4.74 Å². The smallest absolute Gasteiger partial charge is 0.119 e. The third-order valence-electron chi connectivity index (χ3n) is 2.58. The highest BCUT2D eigenvalue weighted by molar-refractivity contribution is 9.10. The SMILES string of the molecule is CCOc1ccc(CNc2ccc(Br)cc2)cc1. The molecule has 0 saturated carbocycles. The molecule has 0 aromatic heterocycles. The molecule has 2 aromatic carbocycles. The number of ether oxygens (including phenoxy) is 1. The summed E-state index contributed by atoms with van der Waals surface area (Å²) in [5, 5.41) is 3.38. The lowest BCUT2D eigenvalue weighted by Crippen LogP contribution is -1.99. The van der Waals surface area contributed by atoms with Gasteiger partial charge in [0.05, 0.1) is 6.61 Å². The first-order valence-electron chi connectivity index (χ1n) is 5.99. The van der Waals surface area contributed by atoms with Crippen molar-refractivity contribution in [3.8, 4) is 5.75 Å². The van der Waals surface area contributed by atoms with Gasteiger partial charge in [-0.2, -0.15) is 0 Å². The lowest BCUT2D eigenvalue weighted by molar-refractivity contribution is 0.340. The molecule has 0 atom stereocenters. The van der Waals surface area contributed by atoms with Gasteiger partial charge >= 0.3 is 0 Å². The van der Waals surface area contributed by atoms with Gasteiger partial charge in [-0.3, -0.25) is 0 Å². The van der Waals surface area contributed by atoms with Crippen molar-refractivity contribution in [1.82, 2.24) is 0 Å². The monoisotopic (exact) mass is 305 g/mol. The summed E-state index contributed by atoms with van der Waals surface area (Å²) in [7, 11) is 0. The Labute approximate surface area is 116 Å². The van der Waals surface area contributed by atoms with Crippen LogP contribution in [0.3, 0.4) is 0 Å². The molecular formula is C15H16BrNO. The minimum absolute atomic E-state index is 0.705. The number of halogens is 1. The average Bonchev–Trinajstić information content (AvgIpc) is 2.40. The minimum Gasteiger partial charge on any atom is -0.494 e. The van der Waals surface area contributed by atoms with Crippen LogP contribution >= 0.6 is 15.9 Å². The fraction of sp³-hybridized carbons (Fsp3) is 0.200. The third kappa shape index (κ3) is 3.77. The molecule has 0 aliphatic rings. The van der Waals surface area contributed by atoms with Crippen molar-refractivity contribution in [3.63, 3.8) is 0 Å². The molecule has 0 fully saturated rings. The summed E-state index contributed by atoms with van der Waals surface area (Å²) in [6.07, 6.45) is 0. The minimum atomic E-state index is 0.705. The summed E-state index contributed by atoms with van der Waals surface area (Å²) in [5.41, 5.74) is 2.36. The normalized spacial score (nSPS) is 10.1. The molecule has 1 N–H and O–H groups in total. The Morgan fingerprint density at radius 3 is 2.28 bits per heavy atom. The van der Waals surface area contributed by atoms with E-state index >= 15 is 0 Å². The molecule has 0 aliphatic heterocycles. The number of nitrogens with one attached hydrogen (secondary N) is 1. The van der Waals surface area contributed by atoms with Crippen LogP contribution in [0.2, 0.25) is 0 Å². The Hall–Kier alpha value is -1.48. The summed E-state index contributed by atoms with van der Waals surface area (Å²) >= 11 is 3.42. The van der Waals surface area contributed by atoms with E-state index in [-0.39, 0.29) is 0 Å². The van der Waals surface area contributed by atoms with Gasteiger partial charge in [-0.15, -0.1) is 0 Å². The summed E-state index contributed by atoms with van der Waals surface area (Å²) in [6, 6.07) is 16.3. The highest BCUT2D eigenvalue weighted by Gasteiger charge is 1.96. The van der Waals surface area contributed by atoms with Gasteiger partial charge in [-0.25, -0.2) is 0 Å². The van der Waals surface area contributed by atoms with E-state index in [0.717, 1.165) is 22.5 Å². The first-order valence-corrected chi connectivity index (χ1v) is 6.78. The van der Waals surface area contributed by atoms with Crippen LogP contribution in [0.5, 0.6) is 5.75 Å². The first-order chi connectivity index (χ1) is 8.78. The maximum Gasteiger partial charge on any atom is 0.119 e. The van der Waals surface area contributed by atoms with Gasteiger partial charge in [-0.05, 0) is 48.9 Å². The Morgan fingerprint density at radius 1 is 1.00 bits per heavy atom. The molecule has 0 heterocycles. The molecule has 0 spiro atoms. The first kappa shape index (κ1) is 13.0. The van der Waals surface area contributed by atoms with Gasteiger partial charge in [-0.1, -0.05) is 28.1 Å². The van der Waals surface area contributed by atoms with Crippen LogP contribution in [0.4, 0.5) is 5.69 Å². The van der Waals surface area contributed by atoms with E-state index in [4.69, 9.17) is 4.74 Å². The molecule has 94 valence electrons. The van der Waals surface area contributed by atoms with Crippen molar-refractivity contribution >= 4 is 21.6 Å². The van der Waals surface area contributed by atoms with E-state index in [9.17, 15) is 0 Å².